The Hall–Kier alpha value is -2.74. The van der Waals surface area contributed by atoms with E-state index in [0.717, 1.165) is 14.6 Å². The molecule has 4 aromatic rings. The Kier molecular flexibility index (Phi) is 6.13. The number of hydrogen-bond donors (Lipinski definition) is 1. The molecule has 0 saturated heterocycles. The van der Waals surface area contributed by atoms with Gasteiger partial charge < -0.3 is 5.32 Å². The molecule has 8 heteroatoms. The number of fused-ring (bicyclic) bond motifs is 1. The maximum atomic E-state index is 13.0. The molecule has 1 aromatic heterocycles. The number of Topliss-reactive ketones (excluding diaryl/α,β-unsaturated/α-hetero) is 1. The van der Waals surface area contributed by atoms with E-state index >= 15 is 0 Å². The van der Waals surface area contributed by atoms with Gasteiger partial charge in [0.25, 0.3) is 5.91 Å². The molecule has 4 rings (SSSR count). The second kappa shape index (κ2) is 8.95. The van der Waals surface area contributed by atoms with E-state index < -0.39 is 0 Å². The van der Waals surface area contributed by atoms with Crippen LogP contribution >= 0.6 is 34.7 Å². The molecule has 30 heavy (non-hydrogen) atoms. The number of thioether (sulfide) groups is 1. The molecular formula is C22H14ClFN2O2S2. The lowest BCUT2D eigenvalue weighted by atomic mass is 10.1. The highest BCUT2D eigenvalue weighted by Gasteiger charge is 2.13. The topological polar surface area (TPSA) is 59.1 Å². The minimum Gasteiger partial charge on any atom is -0.322 e. The first kappa shape index (κ1) is 20.5. The molecule has 1 N–H and O–H groups in total. The fourth-order valence-corrected chi connectivity index (χ4v) is 4.96. The van der Waals surface area contributed by atoms with Gasteiger partial charge in [0.05, 0.1) is 26.6 Å². The van der Waals surface area contributed by atoms with Gasteiger partial charge in [-0.2, -0.15) is 0 Å². The number of nitrogens with zero attached hydrogens (tertiary/aromatic N) is 1. The molecule has 0 radical (unpaired) electrons. The second-order valence-electron chi connectivity index (χ2n) is 6.31. The van der Waals surface area contributed by atoms with Gasteiger partial charge in [0.1, 0.15) is 5.82 Å². The highest BCUT2D eigenvalue weighted by molar-refractivity contribution is 8.01. The molecular weight excluding hydrogens is 443 g/mol. The molecule has 0 aliphatic heterocycles. The molecule has 0 atom stereocenters. The number of aromatic nitrogens is 1. The average Bonchev–Trinajstić information content (AvgIpc) is 3.15. The number of amides is 1. The molecule has 0 saturated carbocycles. The van der Waals surface area contributed by atoms with Crippen LogP contribution in [0.2, 0.25) is 5.02 Å². The number of nitrogens with one attached hydrogen (secondary N) is 1. The number of hydrogen-bond acceptors (Lipinski definition) is 5. The number of rotatable bonds is 6. The van der Waals surface area contributed by atoms with Crippen LogP contribution in [0.1, 0.15) is 20.7 Å². The smallest absolute Gasteiger partial charge is 0.257 e. The van der Waals surface area contributed by atoms with E-state index in [9.17, 15) is 14.0 Å². The molecule has 3 aromatic carbocycles. The van der Waals surface area contributed by atoms with Crippen LogP contribution in [0.25, 0.3) is 10.2 Å². The molecule has 0 fully saturated rings. The van der Waals surface area contributed by atoms with Gasteiger partial charge in [-0.25, -0.2) is 9.37 Å². The van der Waals surface area contributed by atoms with Gasteiger partial charge in [-0.15, -0.1) is 11.3 Å². The predicted molar refractivity (Wildman–Crippen MR) is 120 cm³/mol. The standard InChI is InChI=1S/C22H14ClFN2O2S2/c23-17-4-2-1-3-16(17)21(28)25-15-9-10-18-20(11-15)30-22(26-18)29-12-19(27)13-5-7-14(24)8-6-13/h1-11H,12H2,(H,25,28). The van der Waals surface area contributed by atoms with Crippen LogP contribution in [0, 0.1) is 5.82 Å². The van der Waals surface area contributed by atoms with Crippen LogP contribution in [0.4, 0.5) is 10.1 Å². The Morgan fingerprint density at radius 2 is 1.83 bits per heavy atom. The second-order valence-corrected chi connectivity index (χ2v) is 8.98. The van der Waals surface area contributed by atoms with Crippen molar-refractivity contribution in [3.05, 3.63) is 88.7 Å². The average molecular weight is 457 g/mol. The van der Waals surface area contributed by atoms with Crippen LogP contribution < -0.4 is 5.32 Å². The number of carbonyl (C=O) groups is 2. The fourth-order valence-electron chi connectivity index (χ4n) is 2.73. The molecule has 4 nitrogen and oxygen atoms in total. The van der Waals surface area contributed by atoms with E-state index in [4.69, 9.17) is 11.6 Å². The number of halogens is 2. The van der Waals surface area contributed by atoms with Gasteiger partial charge >= 0.3 is 0 Å². The third kappa shape index (κ3) is 4.70. The number of carbonyl (C=O) groups excluding carboxylic acids is 2. The maximum Gasteiger partial charge on any atom is 0.257 e. The fraction of sp³-hybridized carbons (Fsp3) is 0.0455. The summed E-state index contributed by atoms with van der Waals surface area (Å²) in [6.07, 6.45) is 0. The van der Waals surface area contributed by atoms with Gasteiger partial charge in [-0.1, -0.05) is 35.5 Å². The lowest BCUT2D eigenvalue weighted by molar-refractivity contribution is 0.101. The van der Waals surface area contributed by atoms with Crippen molar-refractivity contribution in [3.63, 3.8) is 0 Å². The van der Waals surface area contributed by atoms with E-state index in [-0.39, 0.29) is 23.3 Å². The largest absolute Gasteiger partial charge is 0.322 e. The molecule has 150 valence electrons. The summed E-state index contributed by atoms with van der Waals surface area (Å²) in [6, 6.07) is 17.8. The number of anilines is 1. The molecule has 1 amide bonds. The van der Waals surface area contributed by atoms with Crippen molar-refractivity contribution < 1.29 is 14.0 Å². The first-order valence-corrected chi connectivity index (χ1v) is 11.1. The normalized spacial score (nSPS) is 10.9. The van der Waals surface area contributed by atoms with Gasteiger partial charge in [0.15, 0.2) is 10.1 Å². The number of ketones is 1. The monoisotopic (exact) mass is 456 g/mol. The summed E-state index contributed by atoms with van der Waals surface area (Å²) in [5.74, 6) is -0.541. The molecule has 0 aliphatic rings. The van der Waals surface area contributed by atoms with E-state index in [1.165, 1.54) is 47.4 Å². The Morgan fingerprint density at radius 1 is 1.07 bits per heavy atom. The van der Waals surface area contributed by atoms with Crippen LogP contribution in [0.5, 0.6) is 0 Å². The van der Waals surface area contributed by atoms with Crippen molar-refractivity contribution in [1.82, 2.24) is 4.98 Å². The summed E-state index contributed by atoms with van der Waals surface area (Å²) in [5.41, 5.74) is 2.29. The summed E-state index contributed by atoms with van der Waals surface area (Å²) >= 11 is 8.85. The van der Waals surface area contributed by atoms with Crippen LogP contribution in [-0.2, 0) is 0 Å². The van der Waals surface area contributed by atoms with Crippen molar-refractivity contribution in [1.29, 1.82) is 0 Å². The van der Waals surface area contributed by atoms with Crippen LogP contribution in [0.15, 0.2) is 71.1 Å². The zero-order chi connectivity index (χ0) is 21.1. The first-order valence-electron chi connectivity index (χ1n) is 8.87. The third-order valence-corrected chi connectivity index (χ3v) is 6.73. The molecule has 1 heterocycles. The molecule has 0 unspecified atom stereocenters. The van der Waals surface area contributed by atoms with E-state index in [0.29, 0.717) is 21.8 Å². The van der Waals surface area contributed by atoms with Crippen LogP contribution in [0.3, 0.4) is 0 Å². The summed E-state index contributed by atoms with van der Waals surface area (Å²) in [6.45, 7) is 0. The molecule has 0 aliphatic carbocycles. The van der Waals surface area contributed by atoms with Crippen molar-refractivity contribution in [3.8, 4) is 0 Å². The maximum absolute atomic E-state index is 13.0. The zero-order valence-corrected chi connectivity index (χ0v) is 17.8. The Bertz CT molecular complexity index is 1240. The summed E-state index contributed by atoms with van der Waals surface area (Å²) in [5, 5.41) is 3.23. The Morgan fingerprint density at radius 3 is 2.60 bits per heavy atom. The van der Waals surface area contributed by atoms with Crippen molar-refractivity contribution in [2.45, 2.75) is 4.34 Å². The highest BCUT2D eigenvalue weighted by Crippen LogP contribution is 2.32. The Balaban J connectivity index is 1.44. The number of benzene rings is 3. The molecule has 0 spiro atoms. The minimum absolute atomic E-state index is 0.0908. The van der Waals surface area contributed by atoms with E-state index in [2.05, 4.69) is 10.3 Å². The van der Waals surface area contributed by atoms with Gasteiger partial charge in [0, 0.05) is 11.3 Å². The predicted octanol–water partition coefficient (Wildman–Crippen LogP) is 6.32. The van der Waals surface area contributed by atoms with Crippen molar-refractivity contribution in [2.24, 2.45) is 0 Å². The number of thiazole rings is 1. The molecule has 0 bridgehead atoms. The van der Waals surface area contributed by atoms with Gasteiger partial charge in [-0.3, -0.25) is 9.59 Å². The third-order valence-electron chi connectivity index (χ3n) is 4.24. The SMILES string of the molecule is O=C(CSc1nc2ccc(NC(=O)c3ccccc3Cl)cc2s1)c1ccc(F)cc1. The zero-order valence-electron chi connectivity index (χ0n) is 15.4. The van der Waals surface area contributed by atoms with Crippen LogP contribution in [-0.4, -0.2) is 22.4 Å². The first-order chi connectivity index (χ1) is 14.5. The van der Waals surface area contributed by atoms with Crippen molar-refractivity contribution >= 4 is 62.3 Å². The van der Waals surface area contributed by atoms with E-state index in [1.54, 1.807) is 30.3 Å². The summed E-state index contributed by atoms with van der Waals surface area (Å²) < 4.78 is 14.6. The quantitative estimate of drug-likeness (QED) is 0.272. The lowest BCUT2D eigenvalue weighted by Crippen LogP contribution is -2.12. The Labute approximate surface area is 185 Å². The minimum atomic E-state index is -0.372. The lowest BCUT2D eigenvalue weighted by Gasteiger charge is -2.06. The van der Waals surface area contributed by atoms with E-state index in [1.807, 2.05) is 12.1 Å². The summed E-state index contributed by atoms with van der Waals surface area (Å²) in [4.78, 5) is 29.2. The van der Waals surface area contributed by atoms with Crippen molar-refractivity contribution in [2.75, 3.05) is 11.1 Å². The van der Waals surface area contributed by atoms with Gasteiger partial charge in [-0.05, 0) is 54.6 Å². The van der Waals surface area contributed by atoms with Gasteiger partial charge in [0.2, 0.25) is 0 Å². The highest BCUT2D eigenvalue weighted by atomic mass is 35.5. The summed E-state index contributed by atoms with van der Waals surface area (Å²) in [7, 11) is 0.